The fraction of sp³-hybridized carbons (Fsp3) is 0. The van der Waals surface area contributed by atoms with Crippen LogP contribution in [-0.2, 0) is 0 Å². The minimum atomic E-state index is -0.305. The number of anilines is 1. The first kappa shape index (κ1) is 14.8. The maximum atomic E-state index is 12.4. The summed E-state index contributed by atoms with van der Waals surface area (Å²) in [5.74, 6) is 0.0107. The third kappa shape index (κ3) is 2.76. The maximum Gasteiger partial charge on any atom is 0.255 e. The van der Waals surface area contributed by atoms with Crippen molar-refractivity contribution in [3.05, 3.63) is 70.4 Å². The molecule has 0 spiro atoms. The second-order valence-electron chi connectivity index (χ2n) is 5.21. The zero-order valence-corrected chi connectivity index (χ0v) is 12.8. The highest BCUT2D eigenvalue weighted by molar-refractivity contribution is 6.07. The fourth-order valence-electron chi connectivity index (χ4n) is 2.44. The van der Waals surface area contributed by atoms with Crippen molar-refractivity contribution >= 4 is 22.6 Å². The van der Waals surface area contributed by atoms with Gasteiger partial charge >= 0.3 is 0 Å². The number of hydrogen-bond donors (Lipinski definition) is 2. The molecule has 8 nitrogen and oxygen atoms in total. The Morgan fingerprint density at radius 2 is 1.92 bits per heavy atom. The highest BCUT2D eigenvalue weighted by Crippen LogP contribution is 2.25. The average Bonchev–Trinajstić information content (AvgIpc) is 3.18. The maximum absolute atomic E-state index is 12.4. The molecule has 25 heavy (non-hydrogen) atoms. The number of aromatic nitrogens is 4. The number of tetrazole rings is 1. The van der Waals surface area contributed by atoms with Crippen molar-refractivity contribution in [1.29, 1.82) is 0 Å². The van der Waals surface area contributed by atoms with Crippen LogP contribution in [0.3, 0.4) is 0 Å². The van der Waals surface area contributed by atoms with Crippen molar-refractivity contribution in [1.82, 2.24) is 20.6 Å². The summed E-state index contributed by atoms with van der Waals surface area (Å²) in [5, 5.41) is 16.5. The minimum absolute atomic E-state index is 0.156. The molecule has 0 unspecified atom stereocenters. The van der Waals surface area contributed by atoms with E-state index < -0.39 is 0 Å². The Labute approximate surface area is 140 Å². The highest BCUT2D eigenvalue weighted by Gasteiger charge is 2.15. The molecular formula is C17H11N5O3. The Kier molecular flexibility index (Phi) is 3.55. The van der Waals surface area contributed by atoms with Crippen LogP contribution in [0, 0.1) is 0 Å². The molecule has 4 rings (SSSR count). The fourth-order valence-corrected chi connectivity index (χ4v) is 2.44. The lowest BCUT2D eigenvalue weighted by Gasteiger charge is -2.08. The van der Waals surface area contributed by atoms with Gasteiger partial charge in [0, 0.05) is 11.6 Å². The molecule has 0 aliphatic rings. The predicted octanol–water partition coefficient (Wildman–Crippen LogP) is 2.23. The van der Waals surface area contributed by atoms with Crippen molar-refractivity contribution in [3.63, 3.8) is 0 Å². The lowest BCUT2D eigenvalue weighted by atomic mass is 10.1. The Morgan fingerprint density at radius 1 is 1.08 bits per heavy atom. The van der Waals surface area contributed by atoms with Crippen LogP contribution < -0.4 is 10.7 Å². The van der Waals surface area contributed by atoms with Gasteiger partial charge in [0.25, 0.3) is 5.91 Å². The molecule has 4 aromatic rings. The molecule has 0 saturated carbocycles. The van der Waals surface area contributed by atoms with Crippen LogP contribution in [0.25, 0.3) is 22.6 Å². The van der Waals surface area contributed by atoms with E-state index in [0.29, 0.717) is 16.6 Å². The summed E-state index contributed by atoms with van der Waals surface area (Å²) in [6, 6.07) is 15.0. The Morgan fingerprint density at radius 3 is 2.68 bits per heavy atom. The molecular weight excluding hydrogens is 322 g/mol. The number of rotatable bonds is 3. The number of aromatic amines is 1. The van der Waals surface area contributed by atoms with Crippen molar-refractivity contribution in [2.45, 2.75) is 0 Å². The summed E-state index contributed by atoms with van der Waals surface area (Å²) in [6.07, 6.45) is 0. The normalized spacial score (nSPS) is 10.7. The van der Waals surface area contributed by atoms with Crippen LogP contribution in [-0.4, -0.2) is 26.5 Å². The number of fused-ring (bicyclic) bond motifs is 1. The zero-order valence-electron chi connectivity index (χ0n) is 12.8. The summed E-state index contributed by atoms with van der Waals surface area (Å²) in [7, 11) is 0. The lowest BCUT2D eigenvalue weighted by Crippen LogP contribution is -2.12. The number of nitrogens with one attached hydrogen (secondary N) is 2. The molecule has 0 fully saturated rings. The molecule has 8 heteroatoms. The number of amides is 1. The molecule has 1 amide bonds. The number of nitrogens with zero attached hydrogens (tertiary/aromatic N) is 3. The van der Waals surface area contributed by atoms with Crippen molar-refractivity contribution < 1.29 is 9.21 Å². The van der Waals surface area contributed by atoms with Crippen molar-refractivity contribution in [2.75, 3.05) is 5.32 Å². The van der Waals surface area contributed by atoms with Crippen LogP contribution in [0.5, 0.6) is 0 Å². The SMILES string of the molecule is O=C(Nc1cccc2c(=O)cc(-c3nn[nH]n3)oc12)c1ccccc1. The van der Waals surface area contributed by atoms with Gasteiger partial charge in [0.05, 0.1) is 11.1 Å². The van der Waals surface area contributed by atoms with E-state index in [1.807, 2.05) is 6.07 Å². The molecule has 2 heterocycles. The van der Waals surface area contributed by atoms with Gasteiger partial charge in [0.1, 0.15) is 0 Å². The number of hydrogen-bond acceptors (Lipinski definition) is 6. The second kappa shape index (κ2) is 6.00. The predicted molar refractivity (Wildman–Crippen MR) is 90.1 cm³/mol. The quantitative estimate of drug-likeness (QED) is 0.594. The molecule has 2 N–H and O–H groups in total. The summed E-state index contributed by atoms with van der Waals surface area (Å²) in [4.78, 5) is 24.7. The van der Waals surface area contributed by atoms with Gasteiger partial charge in [-0.1, -0.05) is 24.3 Å². The van der Waals surface area contributed by atoms with Gasteiger partial charge in [-0.05, 0) is 29.5 Å². The van der Waals surface area contributed by atoms with E-state index in [1.54, 1.807) is 42.5 Å². The Hall–Kier alpha value is -3.81. The third-order valence-corrected chi connectivity index (χ3v) is 3.60. The van der Waals surface area contributed by atoms with Gasteiger partial charge in [-0.3, -0.25) is 9.59 Å². The molecule has 0 atom stereocenters. The smallest absolute Gasteiger partial charge is 0.255 e. The molecule has 0 aliphatic heterocycles. The summed E-state index contributed by atoms with van der Waals surface area (Å²) in [6.45, 7) is 0. The van der Waals surface area contributed by atoms with E-state index in [0.717, 1.165) is 0 Å². The highest BCUT2D eigenvalue weighted by atomic mass is 16.3. The first-order valence-electron chi connectivity index (χ1n) is 7.39. The van der Waals surface area contributed by atoms with Gasteiger partial charge in [0.15, 0.2) is 16.8 Å². The molecule has 0 saturated heterocycles. The van der Waals surface area contributed by atoms with E-state index in [1.165, 1.54) is 6.07 Å². The van der Waals surface area contributed by atoms with Crippen LogP contribution in [0.4, 0.5) is 5.69 Å². The van der Waals surface area contributed by atoms with Crippen LogP contribution in [0.1, 0.15) is 10.4 Å². The molecule has 0 aliphatic carbocycles. The molecule has 0 radical (unpaired) electrons. The number of benzene rings is 2. The molecule has 0 bridgehead atoms. The van der Waals surface area contributed by atoms with E-state index in [-0.39, 0.29) is 28.5 Å². The zero-order chi connectivity index (χ0) is 17.2. The van der Waals surface area contributed by atoms with Crippen LogP contribution >= 0.6 is 0 Å². The standard InChI is InChI=1S/C17H11N5O3/c23-13-9-14(16-19-21-22-20-16)25-15-11(13)7-4-8-12(15)18-17(24)10-5-2-1-3-6-10/h1-9H,(H,18,24)(H,19,20,21,22). The average molecular weight is 333 g/mol. The van der Waals surface area contributed by atoms with Crippen molar-refractivity contribution in [2.24, 2.45) is 0 Å². The van der Waals surface area contributed by atoms with Crippen LogP contribution in [0.2, 0.25) is 0 Å². The van der Waals surface area contributed by atoms with E-state index in [4.69, 9.17) is 4.42 Å². The Balaban J connectivity index is 1.81. The number of carbonyl (C=O) groups excluding carboxylic acids is 1. The summed E-state index contributed by atoms with van der Waals surface area (Å²) < 4.78 is 5.76. The first-order valence-corrected chi connectivity index (χ1v) is 7.39. The Bertz CT molecular complexity index is 1100. The topological polar surface area (TPSA) is 114 Å². The number of para-hydroxylation sites is 1. The second-order valence-corrected chi connectivity index (χ2v) is 5.21. The van der Waals surface area contributed by atoms with Gasteiger partial charge in [-0.25, -0.2) is 0 Å². The first-order chi connectivity index (χ1) is 12.2. The van der Waals surface area contributed by atoms with Gasteiger partial charge < -0.3 is 9.73 Å². The summed E-state index contributed by atoms with van der Waals surface area (Å²) >= 11 is 0. The van der Waals surface area contributed by atoms with Gasteiger partial charge in [-0.15, -0.1) is 10.2 Å². The van der Waals surface area contributed by atoms with E-state index >= 15 is 0 Å². The number of H-pyrrole nitrogens is 1. The van der Waals surface area contributed by atoms with Gasteiger partial charge in [0.2, 0.25) is 5.82 Å². The van der Waals surface area contributed by atoms with E-state index in [9.17, 15) is 9.59 Å². The minimum Gasteiger partial charge on any atom is -0.450 e. The largest absolute Gasteiger partial charge is 0.450 e. The van der Waals surface area contributed by atoms with Crippen molar-refractivity contribution in [3.8, 4) is 11.6 Å². The third-order valence-electron chi connectivity index (χ3n) is 3.60. The molecule has 2 aromatic carbocycles. The van der Waals surface area contributed by atoms with Gasteiger partial charge in [-0.2, -0.15) is 5.21 Å². The van der Waals surface area contributed by atoms with Crippen LogP contribution in [0.15, 0.2) is 63.8 Å². The molecule has 2 aromatic heterocycles. The molecule has 122 valence electrons. The van der Waals surface area contributed by atoms with E-state index in [2.05, 4.69) is 25.9 Å². The lowest BCUT2D eigenvalue weighted by molar-refractivity contribution is 0.102. The number of carbonyl (C=O) groups is 1. The summed E-state index contributed by atoms with van der Waals surface area (Å²) in [5.41, 5.74) is 0.862. The monoisotopic (exact) mass is 333 g/mol.